The van der Waals surface area contributed by atoms with Crippen molar-refractivity contribution >= 4 is 5.97 Å². The normalized spacial score (nSPS) is 47.4. The number of carbonyl (C=O) groups excluding carboxylic acids is 1. The molecule has 4 aliphatic carbocycles. The van der Waals surface area contributed by atoms with Crippen LogP contribution >= 0.6 is 0 Å². The minimum atomic E-state index is -0.167. The van der Waals surface area contributed by atoms with E-state index in [9.17, 15) is 9.90 Å². The Balaban J connectivity index is 1.57. The maximum Gasteiger partial charge on any atom is 0.305 e. The van der Waals surface area contributed by atoms with Crippen molar-refractivity contribution in [1.82, 2.24) is 0 Å². The Kier molecular flexibility index (Phi) is 5.43. The average Bonchev–Trinajstić information content (AvgIpc) is 3.05. The van der Waals surface area contributed by atoms with Gasteiger partial charge in [0.1, 0.15) is 0 Å². The van der Waals surface area contributed by atoms with Gasteiger partial charge in [0, 0.05) is 12.0 Å². The molecule has 0 aromatic heterocycles. The van der Waals surface area contributed by atoms with E-state index in [-0.39, 0.29) is 28.4 Å². The SMILES string of the molecule is COC(=O)CC[C@@H](C)C1CCC2C3(N)CC=C4CC(O)CCC4(C)C3CC[C@]12C. The van der Waals surface area contributed by atoms with Crippen molar-refractivity contribution in [3.05, 3.63) is 11.6 Å². The van der Waals surface area contributed by atoms with E-state index in [1.54, 1.807) is 0 Å². The molecule has 4 aliphatic rings. The molecule has 0 aromatic rings. The average molecular weight is 404 g/mol. The van der Waals surface area contributed by atoms with Crippen molar-refractivity contribution in [3.8, 4) is 0 Å². The van der Waals surface area contributed by atoms with Gasteiger partial charge in [-0.3, -0.25) is 4.79 Å². The highest BCUT2D eigenvalue weighted by Gasteiger charge is 2.64. The molecule has 0 bridgehead atoms. The van der Waals surface area contributed by atoms with E-state index in [1.807, 2.05) is 0 Å². The van der Waals surface area contributed by atoms with Crippen LogP contribution in [0.3, 0.4) is 0 Å². The lowest BCUT2D eigenvalue weighted by molar-refractivity contribution is -0.141. The van der Waals surface area contributed by atoms with Crippen molar-refractivity contribution in [2.45, 2.75) is 96.6 Å². The summed E-state index contributed by atoms with van der Waals surface area (Å²) >= 11 is 0. The van der Waals surface area contributed by atoms with Crippen LogP contribution in [-0.4, -0.2) is 29.8 Å². The van der Waals surface area contributed by atoms with E-state index in [0.29, 0.717) is 30.1 Å². The number of rotatable bonds is 4. The molecular formula is C25H41NO3. The lowest BCUT2D eigenvalue weighted by Crippen LogP contribution is -2.66. The summed E-state index contributed by atoms with van der Waals surface area (Å²) in [6, 6.07) is 0. The first kappa shape index (κ1) is 21.4. The van der Waals surface area contributed by atoms with Crippen LogP contribution in [-0.2, 0) is 9.53 Å². The van der Waals surface area contributed by atoms with Crippen LogP contribution in [0.4, 0.5) is 0 Å². The molecule has 0 radical (unpaired) electrons. The Morgan fingerprint density at radius 3 is 2.72 bits per heavy atom. The molecule has 0 amide bonds. The van der Waals surface area contributed by atoms with Gasteiger partial charge in [0.05, 0.1) is 13.2 Å². The van der Waals surface area contributed by atoms with E-state index >= 15 is 0 Å². The third-order valence-corrected chi connectivity index (χ3v) is 10.1. The minimum Gasteiger partial charge on any atom is -0.469 e. The van der Waals surface area contributed by atoms with Gasteiger partial charge in [-0.15, -0.1) is 0 Å². The summed E-state index contributed by atoms with van der Waals surface area (Å²) < 4.78 is 4.87. The fourth-order valence-corrected chi connectivity index (χ4v) is 8.48. The van der Waals surface area contributed by atoms with Crippen molar-refractivity contribution in [1.29, 1.82) is 0 Å². The molecule has 0 aliphatic heterocycles. The molecule has 29 heavy (non-hydrogen) atoms. The second kappa shape index (κ2) is 7.37. The zero-order valence-corrected chi connectivity index (χ0v) is 18.9. The van der Waals surface area contributed by atoms with Gasteiger partial charge < -0.3 is 15.6 Å². The Morgan fingerprint density at radius 1 is 1.24 bits per heavy atom. The van der Waals surface area contributed by atoms with Crippen molar-refractivity contribution < 1.29 is 14.6 Å². The van der Waals surface area contributed by atoms with Crippen LogP contribution in [0, 0.1) is 34.5 Å². The van der Waals surface area contributed by atoms with E-state index in [0.717, 1.165) is 32.1 Å². The summed E-state index contributed by atoms with van der Waals surface area (Å²) in [4.78, 5) is 11.7. The zero-order valence-electron chi connectivity index (χ0n) is 18.9. The number of hydrogen-bond donors (Lipinski definition) is 2. The van der Waals surface area contributed by atoms with Crippen LogP contribution in [0.25, 0.3) is 0 Å². The molecule has 0 aromatic carbocycles. The largest absolute Gasteiger partial charge is 0.469 e. The van der Waals surface area contributed by atoms with Crippen molar-refractivity contribution in [2.24, 2.45) is 40.2 Å². The monoisotopic (exact) mass is 403 g/mol. The maximum absolute atomic E-state index is 11.7. The van der Waals surface area contributed by atoms with Crippen LogP contribution in [0.1, 0.15) is 85.0 Å². The second-order valence-electron chi connectivity index (χ2n) is 11.3. The maximum atomic E-state index is 11.7. The molecule has 3 fully saturated rings. The van der Waals surface area contributed by atoms with Crippen LogP contribution in [0.5, 0.6) is 0 Å². The lowest BCUT2D eigenvalue weighted by Gasteiger charge is -2.63. The molecule has 4 rings (SSSR count). The first-order valence-corrected chi connectivity index (χ1v) is 11.9. The zero-order chi connectivity index (χ0) is 21.0. The highest BCUT2D eigenvalue weighted by molar-refractivity contribution is 5.69. The lowest BCUT2D eigenvalue weighted by atomic mass is 9.44. The molecule has 0 saturated heterocycles. The molecule has 4 heteroatoms. The Morgan fingerprint density at radius 2 is 2.00 bits per heavy atom. The predicted molar refractivity (Wildman–Crippen MR) is 115 cm³/mol. The molecule has 3 N–H and O–H groups in total. The first-order chi connectivity index (χ1) is 13.6. The predicted octanol–water partition coefficient (Wildman–Crippen LogP) is 4.60. The molecule has 6 unspecified atom stereocenters. The highest BCUT2D eigenvalue weighted by atomic mass is 16.5. The van der Waals surface area contributed by atoms with Crippen molar-refractivity contribution in [2.75, 3.05) is 7.11 Å². The summed E-state index contributed by atoms with van der Waals surface area (Å²) in [5, 5.41) is 10.2. The van der Waals surface area contributed by atoms with Gasteiger partial charge in [-0.05, 0) is 92.3 Å². The van der Waals surface area contributed by atoms with E-state index in [1.165, 1.54) is 38.4 Å². The topological polar surface area (TPSA) is 72.5 Å². The van der Waals surface area contributed by atoms with Crippen LogP contribution in [0.15, 0.2) is 11.6 Å². The van der Waals surface area contributed by atoms with Gasteiger partial charge >= 0.3 is 5.97 Å². The number of carbonyl (C=O) groups is 1. The number of nitrogens with two attached hydrogens (primary N) is 1. The number of ether oxygens (including phenoxy) is 1. The van der Waals surface area contributed by atoms with Gasteiger partial charge in [-0.2, -0.15) is 0 Å². The van der Waals surface area contributed by atoms with Crippen molar-refractivity contribution in [3.63, 3.8) is 0 Å². The Labute approximate surface area is 176 Å². The first-order valence-electron chi connectivity index (χ1n) is 11.9. The fraction of sp³-hybridized carbons (Fsp3) is 0.880. The summed E-state index contributed by atoms with van der Waals surface area (Å²) in [5.41, 5.74) is 9.19. The fourth-order valence-electron chi connectivity index (χ4n) is 8.48. The van der Waals surface area contributed by atoms with Crippen LogP contribution in [0.2, 0.25) is 0 Å². The van der Waals surface area contributed by atoms with Crippen LogP contribution < -0.4 is 5.73 Å². The molecular weight excluding hydrogens is 362 g/mol. The number of hydrogen-bond acceptors (Lipinski definition) is 4. The standard InChI is InChI=1S/C25H41NO3/c1-16(5-8-22(28)29-4)19-6-7-20-24(19,3)13-11-21-23(2)12-10-18(27)15-17(23)9-14-25(20,21)26/h9,16,18-21,27H,5-8,10-15,26H2,1-4H3/t16-,18?,19?,20?,21?,23?,24-,25?/m1/s1. The summed E-state index contributed by atoms with van der Waals surface area (Å²) in [6.45, 7) is 7.27. The van der Waals surface area contributed by atoms with E-state index in [2.05, 4.69) is 26.8 Å². The third kappa shape index (κ3) is 3.20. The molecule has 4 nitrogen and oxygen atoms in total. The van der Waals surface area contributed by atoms with Gasteiger partial charge in [0.2, 0.25) is 0 Å². The molecule has 3 saturated carbocycles. The van der Waals surface area contributed by atoms with Gasteiger partial charge in [-0.1, -0.05) is 32.4 Å². The highest BCUT2D eigenvalue weighted by Crippen LogP contribution is 2.68. The molecule has 0 spiro atoms. The van der Waals surface area contributed by atoms with E-state index < -0.39 is 0 Å². The van der Waals surface area contributed by atoms with Gasteiger partial charge in [0.15, 0.2) is 0 Å². The molecule has 0 heterocycles. The van der Waals surface area contributed by atoms with Gasteiger partial charge in [0.25, 0.3) is 0 Å². The Bertz CT molecular complexity index is 690. The number of aliphatic hydroxyl groups excluding tert-OH is 1. The summed E-state index contributed by atoms with van der Waals surface area (Å²) in [5.74, 6) is 2.17. The number of fused-ring (bicyclic) bond motifs is 5. The minimum absolute atomic E-state index is 0.0899. The van der Waals surface area contributed by atoms with Gasteiger partial charge in [-0.25, -0.2) is 0 Å². The number of esters is 1. The Hall–Kier alpha value is -0.870. The quantitative estimate of drug-likeness (QED) is 0.532. The second-order valence-corrected chi connectivity index (χ2v) is 11.3. The number of methoxy groups -OCH3 is 1. The third-order valence-electron chi connectivity index (χ3n) is 10.1. The smallest absolute Gasteiger partial charge is 0.305 e. The van der Waals surface area contributed by atoms with E-state index in [4.69, 9.17) is 10.5 Å². The molecule has 8 atom stereocenters. The molecule has 164 valence electrons. The summed E-state index contributed by atoms with van der Waals surface area (Å²) in [6.07, 6.45) is 12.4. The summed E-state index contributed by atoms with van der Waals surface area (Å²) in [7, 11) is 1.48. The number of aliphatic hydroxyl groups is 1.